The quantitative estimate of drug-likeness (QED) is 0.636. The molecule has 140 valence electrons. The summed E-state index contributed by atoms with van der Waals surface area (Å²) in [6.07, 6.45) is 8.01. The number of amides is 1. The van der Waals surface area contributed by atoms with E-state index in [-0.39, 0.29) is 23.7 Å². The predicted octanol–water partition coefficient (Wildman–Crippen LogP) is 5.28. The summed E-state index contributed by atoms with van der Waals surface area (Å²) in [5.41, 5.74) is 2.90. The Bertz CT molecular complexity index is 927. The molecule has 3 aromatic rings. The summed E-state index contributed by atoms with van der Waals surface area (Å²) in [5, 5.41) is 4.28. The number of carbonyl (C=O) groups is 1. The zero-order valence-corrected chi connectivity index (χ0v) is 15.4. The fourth-order valence-corrected chi connectivity index (χ4v) is 4.23. The average molecular weight is 364 g/mol. The summed E-state index contributed by atoms with van der Waals surface area (Å²) >= 11 is 0. The minimum absolute atomic E-state index is 0.0430. The lowest BCUT2D eigenvalue weighted by molar-refractivity contribution is -0.122. The van der Waals surface area contributed by atoms with E-state index in [9.17, 15) is 9.18 Å². The van der Waals surface area contributed by atoms with Crippen molar-refractivity contribution >= 4 is 16.8 Å². The Morgan fingerprint density at radius 2 is 1.93 bits per heavy atom. The van der Waals surface area contributed by atoms with E-state index >= 15 is 0 Å². The Kier molecular flexibility index (Phi) is 5.23. The van der Waals surface area contributed by atoms with Gasteiger partial charge in [-0.15, -0.1) is 0 Å². The minimum Gasteiger partial charge on any atom is -0.361 e. The molecule has 0 bridgehead atoms. The zero-order chi connectivity index (χ0) is 18.6. The molecule has 0 unspecified atom stereocenters. The van der Waals surface area contributed by atoms with Gasteiger partial charge < -0.3 is 10.3 Å². The molecule has 2 aromatic carbocycles. The van der Waals surface area contributed by atoms with Crippen molar-refractivity contribution < 1.29 is 9.18 Å². The molecule has 0 saturated heterocycles. The van der Waals surface area contributed by atoms with E-state index < -0.39 is 0 Å². The second-order valence-electron chi connectivity index (χ2n) is 7.50. The summed E-state index contributed by atoms with van der Waals surface area (Å²) < 4.78 is 13.9. The van der Waals surface area contributed by atoms with Crippen LogP contribution >= 0.6 is 0 Å². The van der Waals surface area contributed by atoms with Crippen molar-refractivity contribution in [1.82, 2.24) is 10.3 Å². The number of hydrogen-bond acceptors (Lipinski definition) is 1. The van der Waals surface area contributed by atoms with Crippen LogP contribution in [0, 0.1) is 5.82 Å². The average Bonchev–Trinajstić information content (AvgIpc) is 3.11. The second kappa shape index (κ2) is 7.95. The van der Waals surface area contributed by atoms with E-state index in [0.717, 1.165) is 34.9 Å². The van der Waals surface area contributed by atoms with Gasteiger partial charge in [0.1, 0.15) is 5.82 Å². The summed E-state index contributed by atoms with van der Waals surface area (Å²) in [6.45, 7) is 0. The van der Waals surface area contributed by atoms with Crippen LogP contribution in [0.5, 0.6) is 0 Å². The largest absolute Gasteiger partial charge is 0.361 e. The predicted molar refractivity (Wildman–Crippen MR) is 106 cm³/mol. The molecule has 4 rings (SSSR count). The van der Waals surface area contributed by atoms with E-state index in [4.69, 9.17) is 0 Å². The summed E-state index contributed by atoms with van der Waals surface area (Å²) in [7, 11) is 0. The van der Waals surface area contributed by atoms with Crippen molar-refractivity contribution in [1.29, 1.82) is 0 Å². The highest BCUT2D eigenvalue weighted by Gasteiger charge is 2.23. The molecule has 2 N–H and O–H groups in total. The van der Waals surface area contributed by atoms with Gasteiger partial charge in [0.05, 0.1) is 0 Å². The van der Waals surface area contributed by atoms with Crippen molar-refractivity contribution in [2.24, 2.45) is 0 Å². The molecule has 1 aromatic heterocycles. The highest BCUT2D eigenvalue weighted by Crippen LogP contribution is 2.34. The van der Waals surface area contributed by atoms with Gasteiger partial charge in [0.25, 0.3) is 0 Å². The molecule has 1 saturated carbocycles. The maximum atomic E-state index is 13.9. The van der Waals surface area contributed by atoms with E-state index in [1.807, 2.05) is 36.5 Å². The Morgan fingerprint density at radius 3 is 2.74 bits per heavy atom. The third-order valence-electron chi connectivity index (χ3n) is 5.61. The van der Waals surface area contributed by atoms with Crippen LogP contribution in [0.15, 0.2) is 54.7 Å². The molecule has 0 aliphatic heterocycles. The molecule has 4 heteroatoms. The molecule has 1 fully saturated rings. The highest BCUT2D eigenvalue weighted by atomic mass is 19.1. The Morgan fingerprint density at radius 1 is 1.11 bits per heavy atom. The van der Waals surface area contributed by atoms with Crippen LogP contribution in [-0.4, -0.2) is 16.9 Å². The summed E-state index contributed by atoms with van der Waals surface area (Å²) in [5.74, 6) is -0.410. The third kappa shape index (κ3) is 4.05. The van der Waals surface area contributed by atoms with Gasteiger partial charge in [0, 0.05) is 35.5 Å². The van der Waals surface area contributed by atoms with Gasteiger partial charge in [-0.25, -0.2) is 4.39 Å². The summed E-state index contributed by atoms with van der Waals surface area (Å²) in [6, 6.07) is 14.9. The van der Waals surface area contributed by atoms with E-state index in [0.29, 0.717) is 6.42 Å². The van der Waals surface area contributed by atoms with Crippen molar-refractivity contribution in [3.05, 3.63) is 71.7 Å². The Hall–Kier alpha value is -2.62. The topological polar surface area (TPSA) is 44.9 Å². The monoisotopic (exact) mass is 364 g/mol. The van der Waals surface area contributed by atoms with Gasteiger partial charge in [-0.3, -0.25) is 4.79 Å². The molecule has 1 atom stereocenters. The molecular weight excluding hydrogens is 339 g/mol. The van der Waals surface area contributed by atoms with Crippen LogP contribution in [-0.2, 0) is 4.79 Å². The molecule has 1 amide bonds. The molecule has 1 aliphatic carbocycles. The van der Waals surface area contributed by atoms with Crippen molar-refractivity contribution in [2.75, 3.05) is 0 Å². The van der Waals surface area contributed by atoms with Crippen LogP contribution in [0.2, 0.25) is 0 Å². The fraction of sp³-hybridized carbons (Fsp3) is 0.348. The maximum absolute atomic E-state index is 13.9. The zero-order valence-electron chi connectivity index (χ0n) is 15.4. The molecule has 0 radical (unpaired) electrons. The maximum Gasteiger partial charge on any atom is 0.221 e. The van der Waals surface area contributed by atoms with Gasteiger partial charge >= 0.3 is 0 Å². The number of benzene rings is 2. The van der Waals surface area contributed by atoms with Crippen LogP contribution < -0.4 is 5.32 Å². The molecular formula is C23H25FN2O. The number of hydrogen-bond donors (Lipinski definition) is 2. The number of aromatic amines is 1. The van der Waals surface area contributed by atoms with Gasteiger partial charge in [0.15, 0.2) is 0 Å². The number of carbonyl (C=O) groups excluding carboxylic acids is 1. The highest BCUT2D eigenvalue weighted by molar-refractivity contribution is 5.86. The van der Waals surface area contributed by atoms with Crippen LogP contribution in [0.3, 0.4) is 0 Å². The Balaban J connectivity index is 1.63. The van der Waals surface area contributed by atoms with Crippen molar-refractivity contribution in [3.8, 4) is 0 Å². The molecule has 1 heterocycles. The first-order valence-electron chi connectivity index (χ1n) is 9.81. The normalized spacial score (nSPS) is 16.3. The van der Waals surface area contributed by atoms with Gasteiger partial charge in [0.2, 0.25) is 5.91 Å². The lowest BCUT2D eigenvalue weighted by Crippen LogP contribution is -2.36. The lowest BCUT2D eigenvalue weighted by atomic mass is 9.87. The van der Waals surface area contributed by atoms with Gasteiger partial charge in [-0.05, 0) is 42.2 Å². The molecule has 27 heavy (non-hydrogen) atoms. The number of aromatic nitrogens is 1. The third-order valence-corrected chi connectivity index (χ3v) is 5.61. The first kappa shape index (κ1) is 17.8. The van der Waals surface area contributed by atoms with Gasteiger partial charge in [-0.2, -0.15) is 0 Å². The SMILES string of the molecule is O=C(C[C@H](c1cccc(F)c1)c1c[nH]c2ccccc12)NC1CCCCC1. The number of nitrogens with one attached hydrogen (secondary N) is 2. The van der Waals surface area contributed by atoms with E-state index in [1.54, 1.807) is 12.1 Å². The van der Waals surface area contributed by atoms with Crippen LogP contribution in [0.4, 0.5) is 4.39 Å². The second-order valence-corrected chi connectivity index (χ2v) is 7.50. The number of halogens is 1. The minimum atomic E-state index is -0.273. The van der Waals surface area contributed by atoms with E-state index in [1.165, 1.54) is 25.3 Å². The number of H-pyrrole nitrogens is 1. The van der Waals surface area contributed by atoms with Gasteiger partial charge in [-0.1, -0.05) is 49.6 Å². The fourth-order valence-electron chi connectivity index (χ4n) is 4.23. The Labute approximate surface area is 159 Å². The lowest BCUT2D eigenvalue weighted by Gasteiger charge is -2.24. The molecule has 3 nitrogen and oxygen atoms in total. The molecule has 1 aliphatic rings. The standard InChI is InChI=1S/C23H25FN2O/c24-17-8-6-7-16(13-17)20(14-23(27)26-18-9-2-1-3-10-18)21-15-25-22-12-5-4-11-19(21)22/h4-8,11-13,15,18,20,25H,1-3,9-10,14H2,(H,26,27)/t20-/m1/s1. The van der Waals surface area contributed by atoms with Crippen molar-refractivity contribution in [2.45, 2.75) is 50.5 Å². The smallest absolute Gasteiger partial charge is 0.221 e. The number of rotatable bonds is 5. The first-order valence-corrected chi connectivity index (χ1v) is 9.81. The van der Waals surface area contributed by atoms with Crippen molar-refractivity contribution in [3.63, 3.8) is 0 Å². The van der Waals surface area contributed by atoms with Crippen LogP contribution in [0.1, 0.15) is 55.6 Å². The summed E-state index contributed by atoms with van der Waals surface area (Å²) in [4.78, 5) is 16.1. The number of para-hydroxylation sites is 1. The van der Waals surface area contributed by atoms with E-state index in [2.05, 4.69) is 10.3 Å². The first-order chi connectivity index (χ1) is 13.2. The number of fused-ring (bicyclic) bond motifs is 1. The molecule has 0 spiro atoms. The van der Waals surface area contributed by atoms with Crippen LogP contribution in [0.25, 0.3) is 10.9 Å².